The average molecular weight is 267 g/mol. The van der Waals surface area contributed by atoms with Crippen LogP contribution in [0, 0.1) is 6.92 Å². The van der Waals surface area contributed by atoms with Crippen LogP contribution in [-0.4, -0.2) is 4.98 Å². The van der Waals surface area contributed by atoms with Gasteiger partial charge in [-0.15, -0.1) is 0 Å². The first-order chi connectivity index (χ1) is 7.18. The first-order valence-corrected chi connectivity index (χ1v) is 5.38. The van der Waals surface area contributed by atoms with Crippen LogP contribution in [0.1, 0.15) is 22.7 Å². The maximum atomic E-state index is 6.10. The van der Waals surface area contributed by atoms with Crippen LogP contribution in [0.2, 0.25) is 0 Å². The van der Waals surface area contributed by atoms with Gasteiger partial charge in [-0.3, -0.25) is 4.98 Å². The molecule has 1 atom stereocenters. The molecule has 15 heavy (non-hydrogen) atoms. The molecule has 0 aliphatic carbocycles. The fourth-order valence-electron chi connectivity index (χ4n) is 1.45. The van der Waals surface area contributed by atoms with Gasteiger partial charge in [-0.25, -0.2) is 0 Å². The predicted molar refractivity (Wildman–Crippen MR) is 61.4 cm³/mol. The lowest BCUT2D eigenvalue weighted by atomic mass is 10.0. The molecule has 0 fully saturated rings. The van der Waals surface area contributed by atoms with Gasteiger partial charge in [0.05, 0.1) is 12.3 Å². The number of aryl methyl sites for hydroxylation is 1. The summed E-state index contributed by atoms with van der Waals surface area (Å²) in [6.07, 6.45) is 5.19. The predicted octanol–water partition coefficient (Wildman–Crippen LogP) is 2.79. The lowest BCUT2D eigenvalue weighted by Gasteiger charge is -2.10. The van der Waals surface area contributed by atoms with Gasteiger partial charge in [0.25, 0.3) is 0 Å². The van der Waals surface area contributed by atoms with E-state index in [2.05, 4.69) is 20.9 Å². The lowest BCUT2D eigenvalue weighted by Crippen LogP contribution is -2.11. The van der Waals surface area contributed by atoms with E-state index >= 15 is 0 Å². The molecule has 0 amide bonds. The third-order valence-electron chi connectivity index (χ3n) is 2.24. The number of hydrogen-bond acceptors (Lipinski definition) is 3. The zero-order chi connectivity index (χ0) is 10.8. The summed E-state index contributed by atoms with van der Waals surface area (Å²) >= 11 is 3.32. The van der Waals surface area contributed by atoms with E-state index in [1.807, 2.05) is 19.1 Å². The van der Waals surface area contributed by atoms with E-state index in [4.69, 9.17) is 10.2 Å². The molecule has 0 saturated carbocycles. The van der Waals surface area contributed by atoms with Crippen LogP contribution in [0.5, 0.6) is 0 Å². The minimum absolute atomic E-state index is 0.203. The molecule has 2 aromatic rings. The molecule has 2 heterocycles. The number of hydrogen-bond donors (Lipinski definition) is 1. The van der Waals surface area contributed by atoms with Crippen molar-refractivity contribution >= 4 is 15.9 Å². The Hall–Kier alpha value is -1.13. The van der Waals surface area contributed by atoms with E-state index < -0.39 is 0 Å². The molecule has 0 bridgehead atoms. The molecule has 0 aliphatic heterocycles. The maximum Gasteiger partial charge on any atom is 0.174 e. The number of aromatic nitrogens is 1. The van der Waals surface area contributed by atoms with E-state index in [0.717, 1.165) is 16.7 Å². The van der Waals surface area contributed by atoms with Crippen molar-refractivity contribution < 1.29 is 4.42 Å². The van der Waals surface area contributed by atoms with Crippen molar-refractivity contribution in [2.45, 2.75) is 13.0 Å². The molecule has 0 spiro atoms. The summed E-state index contributed by atoms with van der Waals surface area (Å²) < 4.78 is 5.83. The van der Waals surface area contributed by atoms with Gasteiger partial charge in [-0.2, -0.15) is 0 Å². The third kappa shape index (κ3) is 2.11. The second-order valence-electron chi connectivity index (χ2n) is 3.42. The van der Waals surface area contributed by atoms with Crippen molar-refractivity contribution in [1.29, 1.82) is 0 Å². The molecule has 0 saturated heterocycles. The zero-order valence-corrected chi connectivity index (χ0v) is 9.86. The van der Waals surface area contributed by atoms with Gasteiger partial charge in [0.15, 0.2) is 4.67 Å². The molecule has 2 N–H and O–H groups in total. The Morgan fingerprint density at radius 3 is 2.87 bits per heavy atom. The molecule has 0 aromatic carbocycles. The van der Waals surface area contributed by atoms with Crippen LogP contribution in [0.25, 0.3) is 0 Å². The largest absolute Gasteiger partial charge is 0.457 e. The van der Waals surface area contributed by atoms with Gasteiger partial charge in [-0.1, -0.05) is 6.07 Å². The molecule has 3 nitrogen and oxygen atoms in total. The summed E-state index contributed by atoms with van der Waals surface area (Å²) in [5.41, 5.74) is 9.12. The normalized spacial score (nSPS) is 12.7. The quantitative estimate of drug-likeness (QED) is 0.910. The highest BCUT2D eigenvalue weighted by Crippen LogP contribution is 2.27. The van der Waals surface area contributed by atoms with Crippen LogP contribution in [0.15, 0.2) is 39.9 Å². The standard InChI is InChI=1S/C11H11BrN2O/c1-7-4-8(6-14-5-7)10(13)9-2-3-15-11(9)12/h2-6,10H,13H2,1H3. The number of rotatable bonds is 2. The Labute approximate surface area is 96.4 Å². The highest BCUT2D eigenvalue weighted by molar-refractivity contribution is 9.10. The minimum atomic E-state index is -0.203. The summed E-state index contributed by atoms with van der Waals surface area (Å²) in [7, 11) is 0. The summed E-state index contributed by atoms with van der Waals surface area (Å²) in [4.78, 5) is 4.12. The zero-order valence-electron chi connectivity index (χ0n) is 8.27. The van der Waals surface area contributed by atoms with Gasteiger partial charge in [0, 0.05) is 18.0 Å². The first kappa shape index (κ1) is 10.4. The third-order valence-corrected chi connectivity index (χ3v) is 2.88. The molecule has 0 aliphatic rings. The van der Waals surface area contributed by atoms with Crippen molar-refractivity contribution in [1.82, 2.24) is 4.98 Å². The SMILES string of the molecule is Cc1cncc(C(N)c2ccoc2Br)c1. The summed E-state index contributed by atoms with van der Waals surface area (Å²) in [5.74, 6) is 0. The highest BCUT2D eigenvalue weighted by Gasteiger charge is 2.14. The molecule has 2 aromatic heterocycles. The smallest absolute Gasteiger partial charge is 0.174 e. The van der Waals surface area contributed by atoms with E-state index in [1.165, 1.54) is 0 Å². The second kappa shape index (κ2) is 4.16. The van der Waals surface area contributed by atoms with Crippen molar-refractivity contribution in [3.63, 3.8) is 0 Å². The van der Waals surface area contributed by atoms with Crippen LogP contribution in [-0.2, 0) is 0 Å². The molecule has 0 radical (unpaired) electrons. The minimum Gasteiger partial charge on any atom is -0.457 e. The first-order valence-electron chi connectivity index (χ1n) is 4.58. The van der Waals surface area contributed by atoms with E-state index in [1.54, 1.807) is 18.7 Å². The fourth-order valence-corrected chi connectivity index (χ4v) is 1.94. The van der Waals surface area contributed by atoms with Crippen molar-refractivity contribution in [3.8, 4) is 0 Å². The number of nitrogens with zero attached hydrogens (tertiary/aromatic N) is 1. The topological polar surface area (TPSA) is 52.0 Å². The van der Waals surface area contributed by atoms with Gasteiger partial charge >= 0.3 is 0 Å². The highest BCUT2D eigenvalue weighted by atomic mass is 79.9. The Morgan fingerprint density at radius 1 is 1.47 bits per heavy atom. The van der Waals surface area contributed by atoms with Crippen LogP contribution in [0.4, 0.5) is 0 Å². The van der Waals surface area contributed by atoms with Gasteiger partial charge < -0.3 is 10.2 Å². The van der Waals surface area contributed by atoms with Crippen molar-refractivity contribution in [2.75, 3.05) is 0 Å². The number of halogens is 1. The Balaban J connectivity index is 2.36. The number of furan rings is 1. The Bertz CT molecular complexity index is 467. The molecule has 4 heteroatoms. The summed E-state index contributed by atoms with van der Waals surface area (Å²) in [6.45, 7) is 1.99. The number of pyridine rings is 1. The van der Waals surface area contributed by atoms with E-state index in [-0.39, 0.29) is 6.04 Å². The van der Waals surface area contributed by atoms with E-state index in [0.29, 0.717) is 4.67 Å². The molecular formula is C11H11BrN2O. The molecular weight excluding hydrogens is 256 g/mol. The Kier molecular flexibility index (Phi) is 2.88. The molecule has 1 unspecified atom stereocenters. The van der Waals surface area contributed by atoms with Crippen molar-refractivity contribution in [3.05, 3.63) is 52.1 Å². The monoisotopic (exact) mass is 266 g/mol. The fraction of sp³-hybridized carbons (Fsp3) is 0.182. The lowest BCUT2D eigenvalue weighted by molar-refractivity contribution is 0.534. The van der Waals surface area contributed by atoms with Crippen LogP contribution < -0.4 is 5.73 Å². The summed E-state index contributed by atoms with van der Waals surface area (Å²) in [6, 6.07) is 3.68. The van der Waals surface area contributed by atoms with Crippen LogP contribution in [0.3, 0.4) is 0 Å². The van der Waals surface area contributed by atoms with Gasteiger partial charge in [-0.05, 0) is 40.0 Å². The molecule has 2 rings (SSSR count). The summed E-state index contributed by atoms with van der Waals surface area (Å²) in [5, 5.41) is 0. The van der Waals surface area contributed by atoms with Crippen LogP contribution >= 0.6 is 15.9 Å². The van der Waals surface area contributed by atoms with Gasteiger partial charge in [0.1, 0.15) is 0 Å². The average Bonchev–Trinajstić information content (AvgIpc) is 2.63. The van der Waals surface area contributed by atoms with E-state index in [9.17, 15) is 0 Å². The maximum absolute atomic E-state index is 6.10. The number of nitrogens with two attached hydrogens (primary N) is 1. The molecule has 78 valence electrons. The van der Waals surface area contributed by atoms with Gasteiger partial charge in [0.2, 0.25) is 0 Å². The van der Waals surface area contributed by atoms with Crippen molar-refractivity contribution in [2.24, 2.45) is 5.73 Å². The Morgan fingerprint density at radius 2 is 2.27 bits per heavy atom. The second-order valence-corrected chi connectivity index (χ2v) is 4.14.